The van der Waals surface area contributed by atoms with Crippen molar-refractivity contribution < 1.29 is 14.5 Å². The largest absolute Gasteiger partial charge is 0.462 e. The van der Waals surface area contributed by atoms with E-state index >= 15 is 0 Å². The van der Waals surface area contributed by atoms with Crippen LogP contribution in [0.1, 0.15) is 22.8 Å². The minimum Gasteiger partial charge on any atom is -0.462 e. The molecule has 0 saturated heterocycles. The van der Waals surface area contributed by atoms with Crippen LogP contribution in [-0.4, -0.2) is 17.5 Å². The predicted molar refractivity (Wildman–Crippen MR) is 82.8 cm³/mol. The van der Waals surface area contributed by atoms with E-state index in [4.69, 9.17) is 4.74 Å². The highest BCUT2D eigenvalue weighted by molar-refractivity contribution is 5.91. The third-order valence-corrected chi connectivity index (χ3v) is 3.03. The first-order chi connectivity index (χ1) is 10.6. The average molecular weight is 300 g/mol. The fourth-order valence-electron chi connectivity index (χ4n) is 1.97. The van der Waals surface area contributed by atoms with Crippen molar-refractivity contribution in [1.82, 2.24) is 0 Å². The Balaban J connectivity index is 2.20. The molecule has 22 heavy (non-hydrogen) atoms. The molecular weight excluding hydrogens is 284 g/mol. The smallest absolute Gasteiger partial charge is 0.338 e. The number of hydrogen-bond donors (Lipinski definition) is 1. The highest BCUT2D eigenvalue weighted by atomic mass is 16.6. The number of nitrogens with one attached hydrogen (secondary N) is 1. The van der Waals surface area contributed by atoms with Gasteiger partial charge in [-0.1, -0.05) is 30.3 Å². The number of ether oxygens (including phenoxy) is 1. The Labute approximate surface area is 127 Å². The fourth-order valence-corrected chi connectivity index (χ4v) is 1.97. The molecule has 0 unspecified atom stereocenters. The molecule has 114 valence electrons. The summed E-state index contributed by atoms with van der Waals surface area (Å²) in [6.45, 7) is 2.36. The van der Waals surface area contributed by atoms with Crippen molar-refractivity contribution in [2.45, 2.75) is 13.5 Å². The first-order valence-corrected chi connectivity index (χ1v) is 6.85. The maximum Gasteiger partial charge on any atom is 0.338 e. The van der Waals surface area contributed by atoms with Crippen LogP contribution < -0.4 is 5.32 Å². The van der Waals surface area contributed by atoms with Crippen LogP contribution in [0.15, 0.2) is 48.5 Å². The molecule has 0 spiro atoms. The second-order valence-corrected chi connectivity index (χ2v) is 4.55. The molecule has 1 N–H and O–H groups in total. The zero-order valence-corrected chi connectivity index (χ0v) is 12.1. The van der Waals surface area contributed by atoms with E-state index in [2.05, 4.69) is 5.32 Å². The topological polar surface area (TPSA) is 81.5 Å². The molecule has 0 heterocycles. The summed E-state index contributed by atoms with van der Waals surface area (Å²) in [5.41, 5.74) is 1.38. The van der Waals surface area contributed by atoms with Gasteiger partial charge < -0.3 is 10.1 Å². The molecule has 0 atom stereocenters. The highest BCUT2D eigenvalue weighted by Gasteiger charge is 2.18. The summed E-state index contributed by atoms with van der Waals surface area (Å²) in [4.78, 5) is 22.3. The van der Waals surface area contributed by atoms with Crippen molar-refractivity contribution in [3.63, 3.8) is 0 Å². The minimum atomic E-state index is -0.569. The monoisotopic (exact) mass is 300 g/mol. The molecule has 6 heteroatoms. The zero-order valence-electron chi connectivity index (χ0n) is 12.1. The van der Waals surface area contributed by atoms with Gasteiger partial charge in [-0.2, -0.15) is 0 Å². The van der Waals surface area contributed by atoms with Crippen molar-refractivity contribution >= 4 is 17.3 Å². The summed E-state index contributed by atoms with van der Waals surface area (Å²) >= 11 is 0. The molecule has 0 radical (unpaired) electrons. The summed E-state index contributed by atoms with van der Waals surface area (Å²) < 4.78 is 4.85. The first kappa shape index (κ1) is 15.5. The molecule has 0 amide bonds. The van der Waals surface area contributed by atoms with E-state index in [1.54, 1.807) is 6.92 Å². The summed E-state index contributed by atoms with van der Waals surface area (Å²) in [6, 6.07) is 13.8. The van der Waals surface area contributed by atoms with E-state index < -0.39 is 10.9 Å². The first-order valence-electron chi connectivity index (χ1n) is 6.85. The maximum atomic E-state index is 11.6. The number of carbonyl (C=O) groups is 1. The van der Waals surface area contributed by atoms with Crippen LogP contribution in [0.5, 0.6) is 0 Å². The van der Waals surface area contributed by atoms with Gasteiger partial charge in [-0.15, -0.1) is 0 Å². The van der Waals surface area contributed by atoms with Gasteiger partial charge in [0.05, 0.1) is 17.1 Å². The molecular formula is C16H16N2O4. The lowest BCUT2D eigenvalue weighted by atomic mass is 10.1. The van der Waals surface area contributed by atoms with Crippen molar-refractivity contribution in [3.8, 4) is 0 Å². The Morgan fingerprint density at radius 2 is 1.95 bits per heavy atom. The van der Waals surface area contributed by atoms with Crippen LogP contribution in [-0.2, 0) is 11.3 Å². The summed E-state index contributed by atoms with van der Waals surface area (Å²) in [5, 5.41) is 14.2. The maximum absolute atomic E-state index is 11.6. The molecule has 0 aromatic heterocycles. The van der Waals surface area contributed by atoms with Gasteiger partial charge in [0.15, 0.2) is 0 Å². The number of nitrogens with zero attached hydrogens (tertiary/aromatic N) is 1. The van der Waals surface area contributed by atoms with E-state index in [-0.39, 0.29) is 17.9 Å². The second-order valence-electron chi connectivity index (χ2n) is 4.55. The van der Waals surface area contributed by atoms with Crippen molar-refractivity contribution in [3.05, 3.63) is 69.8 Å². The van der Waals surface area contributed by atoms with Crippen LogP contribution in [0.2, 0.25) is 0 Å². The molecule has 0 fully saturated rings. The van der Waals surface area contributed by atoms with Crippen LogP contribution in [0.25, 0.3) is 0 Å². The van der Waals surface area contributed by atoms with E-state index in [1.807, 2.05) is 30.3 Å². The Kier molecular flexibility index (Phi) is 5.08. The number of hydrogen-bond acceptors (Lipinski definition) is 5. The van der Waals surface area contributed by atoms with E-state index in [9.17, 15) is 14.9 Å². The Morgan fingerprint density at radius 1 is 1.23 bits per heavy atom. The van der Waals surface area contributed by atoms with Crippen molar-refractivity contribution in [1.29, 1.82) is 0 Å². The summed E-state index contributed by atoms with van der Waals surface area (Å²) in [6.07, 6.45) is 0. The van der Waals surface area contributed by atoms with Gasteiger partial charge in [0.1, 0.15) is 5.69 Å². The third kappa shape index (κ3) is 3.82. The standard InChI is InChI=1S/C16H16N2O4/c1-2-22-16(19)13-8-9-14(15(10-13)18(20)21)17-11-12-6-4-3-5-7-12/h3-10,17H,2,11H2,1H3. The minimum absolute atomic E-state index is 0.151. The number of nitro groups is 1. The zero-order chi connectivity index (χ0) is 15.9. The SMILES string of the molecule is CCOC(=O)c1ccc(NCc2ccccc2)c([N+](=O)[O-])c1. The van der Waals surface area contributed by atoms with Crippen molar-refractivity contribution in [2.75, 3.05) is 11.9 Å². The van der Waals surface area contributed by atoms with Gasteiger partial charge in [0.2, 0.25) is 0 Å². The lowest BCUT2D eigenvalue weighted by molar-refractivity contribution is -0.384. The van der Waals surface area contributed by atoms with Gasteiger partial charge >= 0.3 is 5.97 Å². The second kappa shape index (κ2) is 7.21. The van der Waals surface area contributed by atoms with Crippen LogP contribution in [0, 0.1) is 10.1 Å². The average Bonchev–Trinajstić information content (AvgIpc) is 2.54. The molecule has 6 nitrogen and oxygen atoms in total. The molecule has 0 aliphatic rings. The molecule has 2 rings (SSSR count). The molecule has 2 aromatic rings. The van der Waals surface area contributed by atoms with Crippen molar-refractivity contribution in [2.24, 2.45) is 0 Å². The number of anilines is 1. The number of rotatable bonds is 6. The van der Waals surface area contributed by atoms with E-state index in [1.165, 1.54) is 18.2 Å². The number of nitro benzene ring substituents is 1. The number of carbonyl (C=O) groups excluding carboxylic acids is 1. The predicted octanol–water partition coefficient (Wildman–Crippen LogP) is 3.38. The molecule has 0 aliphatic heterocycles. The number of esters is 1. The van der Waals surface area contributed by atoms with Gasteiger partial charge in [0, 0.05) is 12.6 Å². The lowest BCUT2D eigenvalue weighted by Gasteiger charge is -2.08. The normalized spacial score (nSPS) is 10.0. The van der Waals surface area contributed by atoms with E-state index in [0.717, 1.165) is 5.56 Å². The van der Waals surface area contributed by atoms with Crippen LogP contribution in [0.4, 0.5) is 11.4 Å². The number of benzene rings is 2. The van der Waals surface area contributed by atoms with Crippen LogP contribution in [0.3, 0.4) is 0 Å². The van der Waals surface area contributed by atoms with Gasteiger partial charge in [-0.05, 0) is 24.6 Å². The molecule has 2 aromatic carbocycles. The summed E-state index contributed by atoms with van der Waals surface area (Å²) in [5.74, 6) is -0.569. The quantitative estimate of drug-likeness (QED) is 0.502. The van der Waals surface area contributed by atoms with Crippen LogP contribution >= 0.6 is 0 Å². The Hall–Kier alpha value is -2.89. The van der Waals surface area contributed by atoms with E-state index in [0.29, 0.717) is 12.2 Å². The van der Waals surface area contributed by atoms with Gasteiger partial charge in [0.25, 0.3) is 5.69 Å². The third-order valence-electron chi connectivity index (χ3n) is 3.03. The Bertz CT molecular complexity index is 671. The van der Waals surface area contributed by atoms with Gasteiger partial charge in [-0.3, -0.25) is 10.1 Å². The summed E-state index contributed by atoms with van der Waals surface area (Å²) in [7, 11) is 0. The lowest BCUT2D eigenvalue weighted by Crippen LogP contribution is -2.07. The Morgan fingerprint density at radius 3 is 2.59 bits per heavy atom. The molecule has 0 aliphatic carbocycles. The highest BCUT2D eigenvalue weighted by Crippen LogP contribution is 2.26. The molecule has 0 bridgehead atoms. The molecule has 0 saturated carbocycles. The van der Waals surface area contributed by atoms with Gasteiger partial charge in [-0.25, -0.2) is 4.79 Å². The fraction of sp³-hybridized carbons (Fsp3) is 0.188.